The highest BCUT2D eigenvalue weighted by atomic mass is 35.5. The molecule has 1 fully saturated rings. The number of carbonyl (C=O) groups is 1. The van der Waals surface area contributed by atoms with Crippen LogP contribution in [0.3, 0.4) is 0 Å². The van der Waals surface area contributed by atoms with Crippen LogP contribution in [-0.2, 0) is 19.4 Å². The quantitative estimate of drug-likeness (QED) is 0.766. The highest BCUT2D eigenvalue weighted by molar-refractivity contribution is 7.92. The maximum Gasteiger partial charge on any atom is 0.236 e. The number of hydrogen-bond donors (Lipinski definition) is 1. The molecule has 2 N–H and O–H groups in total. The number of nitrogens with two attached hydrogens (primary N) is 1. The van der Waals surface area contributed by atoms with E-state index in [0.717, 1.165) is 12.1 Å². The molecule has 2 unspecified atom stereocenters. The third-order valence-electron chi connectivity index (χ3n) is 5.83. The largest absolute Gasteiger partial charge is 0.488 e. The molecule has 6 nitrogen and oxygen atoms in total. The number of amides is 1. The van der Waals surface area contributed by atoms with Crippen molar-refractivity contribution in [1.82, 2.24) is 4.90 Å². The minimum Gasteiger partial charge on any atom is -0.488 e. The number of piperidine rings is 1. The number of sulfone groups is 1. The summed E-state index contributed by atoms with van der Waals surface area (Å²) >= 11 is 5.90. The SMILES string of the molecule is NCC(=O)N1CCCC2(S(=O)(=O)c3ccc(Cl)cc3)c3c(F)ccc(F)c3OCC12. The van der Waals surface area contributed by atoms with Crippen LogP contribution < -0.4 is 10.5 Å². The Hall–Kier alpha value is -2.23. The van der Waals surface area contributed by atoms with E-state index in [1.807, 2.05) is 0 Å². The number of ether oxygens (including phenoxy) is 1. The zero-order chi connectivity index (χ0) is 21.7. The van der Waals surface area contributed by atoms with E-state index in [-0.39, 0.29) is 43.0 Å². The first-order valence-corrected chi connectivity index (χ1v) is 11.2. The van der Waals surface area contributed by atoms with Crippen LogP contribution in [0.2, 0.25) is 5.02 Å². The summed E-state index contributed by atoms with van der Waals surface area (Å²) in [5.41, 5.74) is 5.14. The lowest BCUT2D eigenvalue weighted by Crippen LogP contribution is -2.65. The van der Waals surface area contributed by atoms with Crippen LogP contribution in [-0.4, -0.2) is 45.0 Å². The van der Waals surface area contributed by atoms with E-state index in [1.54, 1.807) is 0 Å². The van der Waals surface area contributed by atoms with Crippen molar-refractivity contribution >= 4 is 27.3 Å². The topological polar surface area (TPSA) is 89.7 Å². The second-order valence-corrected chi connectivity index (χ2v) is 9.95. The van der Waals surface area contributed by atoms with E-state index in [2.05, 4.69) is 0 Å². The van der Waals surface area contributed by atoms with Gasteiger partial charge in [0.1, 0.15) is 17.2 Å². The van der Waals surface area contributed by atoms with Crippen LogP contribution in [0.25, 0.3) is 0 Å². The van der Waals surface area contributed by atoms with Gasteiger partial charge in [-0.25, -0.2) is 17.2 Å². The Kier molecular flexibility index (Phi) is 5.24. The van der Waals surface area contributed by atoms with Gasteiger partial charge in [-0.15, -0.1) is 0 Å². The fourth-order valence-electron chi connectivity index (χ4n) is 4.52. The molecule has 0 aromatic heterocycles. The van der Waals surface area contributed by atoms with Gasteiger partial charge in [0.05, 0.1) is 23.0 Å². The first-order valence-electron chi connectivity index (χ1n) is 9.35. The van der Waals surface area contributed by atoms with Gasteiger partial charge in [0.25, 0.3) is 0 Å². The molecule has 2 atom stereocenters. The third kappa shape index (κ3) is 2.91. The molecule has 160 valence electrons. The number of nitrogens with zero attached hydrogens (tertiary/aromatic N) is 1. The normalized spacial score (nSPS) is 23.3. The first-order chi connectivity index (χ1) is 14.2. The van der Waals surface area contributed by atoms with Crippen molar-refractivity contribution in [2.45, 2.75) is 28.5 Å². The molecule has 2 aromatic carbocycles. The van der Waals surface area contributed by atoms with Crippen molar-refractivity contribution in [3.8, 4) is 5.75 Å². The van der Waals surface area contributed by atoms with Crippen LogP contribution in [0, 0.1) is 11.6 Å². The molecule has 2 aromatic rings. The average molecular weight is 457 g/mol. The van der Waals surface area contributed by atoms with E-state index in [0.29, 0.717) is 5.02 Å². The summed E-state index contributed by atoms with van der Waals surface area (Å²) in [6, 6.07) is 6.17. The summed E-state index contributed by atoms with van der Waals surface area (Å²) in [5.74, 6) is -2.70. The van der Waals surface area contributed by atoms with Crippen LogP contribution in [0.4, 0.5) is 8.78 Å². The molecule has 2 aliphatic rings. The second kappa shape index (κ2) is 7.47. The number of likely N-dealkylation sites (tertiary alicyclic amines) is 1. The Morgan fingerprint density at radius 2 is 1.87 bits per heavy atom. The molecule has 2 heterocycles. The maximum absolute atomic E-state index is 15.1. The molecule has 1 amide bonds. The fraction of sp³-hybridized carbons (Fsp3) is 0.350. The highest BCUT2D eigenvalue weighted by Crippen LogP contribution is 2.53. The minimum atomic E-state index is -4.31. The molecule has 10 heteroatoms. The number of fused-ring (bicyclic) bond motifs is 3. The minimum absolute atomic E-state index is 0.00624. The lowest BCUT2D eigenvalue weighted by atomic mass is 9.80. The molecule has 0 radical (unpaired) electrons. The molecular formula is C20H19ClF2N2O4S. The van der Waals surface area contributed by atoms with Crippen LogP contribution in [0.15, 0.2) is 41.3 Å². The predicted molar refractivity (Wildman–Crippen MR) is 106 cm³/mol. The third-order valence-corrected chi connectivity index (χ3v) is 8.61. The molecular weight excluding hydrogens is 438 g/mol. The van der Waals surface area contributed by atoms with Crippen molar-refractivity contribution in [2.75, 3.05) is 19.7 Å². The number of halogens is 3. The number of benzene rings is 2. The van der Waals surface area contributed by atoms with Gasteiger partial charge in [-0.2, -0.15) is 0 Å². The van der Waals surface area contributed by atoms with Crippen molar-refractivity contribution in [3.63, 3.8) is 0 Å². The van der Waals surface area contributed by atoms with E-state index in [1.165, 1.54) is 29.2 Å². The van der Waals surface area contributed by atoms with Gasteiger partial charge in [0.2, 0.25) is 5.91 Å². The number of rotatable bonds is 3. The summed E-state index contributed by atoms with van der Waals surface area (Å²) < 4.78 is 61.2. The van der Waals surface area contributed by atoms with E-state index < -0.39 is 43.9 Å². The molecule has 4 rings (SSSR count). The van der Waals surface area contributed by atoms with Gasteiger partial charge in [-0.3, -0.25) is 4.79 Å². The van der Waals surface area contributed by atoms with E-state index >= 15 is 4.39 Å². The lowest BCUT2D eigenvalue weighted by molar-refractivity contribution is -0.136. The maximum atomic E-state index is 15.1. The monoisotopic (exact) mass is 456 g/mol. The Labute approximate surface area is 177 Å². The average Bonchev–Trinajstić information content (AvgIpc) is 2.74. The van der Waals surface area contributed by atoms with E-state index in [9.17, 15) is 17.6 Å². The molecule has 30 heavy (non-hydrogen) atoms. The van der Waals surface area contributed by atoms with Crippen LogP contribution in [0.1, 0.15) is 18.4 Å². The predicted octanol–water partition coefficient (Wildman–Crippen LogP) is 2.63. The molecule has 0 saturated carbocycles. The second-order valence-electron chi connectivity index (χ2n) is 7.30. The number of hydrogen-bond acceptors (Lipinski definition) is 5. The molecule has 1 saturated heterocycles. The van der Waals surface area contributed by atoms with Crippen molar-refractivity contribution in [1.29, 1.82) is 0 Å². The van der Waals surface area contributed by atoms with Crippen molar-refractivity contribution < 1.29 is 26.7 Å². The van der Waals surface area contributed by atoms with Crippen molar-refractivity contribution in [2.24, 2.45) is 5.73 Å². The van der Waals surface area contributed by atoms with Gasteiger partial charge in [-0.05, 0) is 49.2 Å². The molecule has 0 spiro atoms. The Morgan fingerprint density at radius 3 is 2.53 bits per heavy atom. The standard InChI is InChI=1S/C20H19ClF2N2O4S/c21-12-2-4-13(5-3-12)30(27,28)20-8-1-9-25(17(26)10-24)16(20)11-29-19-15(23)7-6-14(22)18(19)20/h2-7,16H,1,8-11,24H2. The molecule has 0 aliphatic carbocycles. The van der Waals surface area contributed by atoms with Gasteiger partial charge < -0.3 is 15.4 Å². The van der Waals surface area contributed by atoms with Crippen molar-refractivity contribution in [3.05, 3.63) is 58.6 Å². The molecule has 2 aliphatic heterocycles. The zero-order valence-corrected chi connectivity index (χ0v) is 17.3. The fourth-order valence-corrected chi connectivity index (χ4v) is 6.99. The summed E-state index contributed by atoms with van der Waals surface area (Å²) in [6.45, 7) is -0.397. The summed E-state index contributed by atoms with van der Waals surface area (Å²) in [6.07, 6.45) is 0.262. The van der Waals surface area contributed by atoms with Crippen LogP contribution in [0.5, 0.6) is 5.75 Å². The van der Waals surface area contributed by atoms with Gasteiger partial charge >= 0.3 is 0 Å². The first kappa shape index (κ1) is 21.0. The number of carbonyl (C=O) groups excluding carboxylic acids is 1. The summed E-state index contributed by atoms with van der Waals surface area (Å²) in [5, 5.41) is 0.330. The smallest absolute Gasteiger partial charge is 0.236 e. The van der Waals surface area contributed by atoms with E-state index in [4.69, 9.17) is 22.1 Å². The Balaban J connectivity index is 2.04. The summed E-state index contributed by atoms with van der Waals surface area (Å²) in [4.78, 5) is 13.7. The zero-order valence-electron chi connectivity index (χ0n) is 15.8. The van der Waals surface area contributed by atoms with Gasteiger partial charge in [0, 0.05) is 11.6 Å². The summed E-state index contributed by atoms with van der Waals surface area (Å²) in [7, 11) is -4.31. The van der Waals surface area contributed by atoms with Gasteiger partial charge in [-0.1, -0.05) is 11.6 Å². The molecule has 0 bridgehead atoms. The lowest BCUT2D eigenvalue weighted by Gasteiger charge is -2.51. The Morgan fingerprint density at radius 1 is 1.20 bits per heavy atom. The van der Waals surface area contributed by atoms with Crippen LogP contribution >= 0.6 is 11.6 Å². The van der Waals surface area contributed by atoms with Gasteiger partial charge in [0.15, 0.2) is 21.4 Å². The Bertz CT molecular complexity index is 1110. The highest BCUT2D eigenvalue weighted by Gasteiger charge is 2.61.